The van der Waals surface area contributed by atoms with Crippen LogP contribution in [0.3, 0.4) is 0 Å². The van der Waals surface area contributed by atoms with Crippen LogP contribution in [0.1, 0.15) is 41.1 Å². The highest BCUT2D eigenvalue weighted by atomic mass is 16.3. The Kier molecular flexibility index (Phi) is 5.02. The molecule has 0 saturated carbocycles. The maximum Gasteiger partial charge on any atom is 0.136 e. The van der Waals surface area contributed by atoms with Gasteiger partial charge in [-0.2, -0.15) is 0 Å². The van der Waals surface area contributed by atoms with Gasteiger partial charge in [-0.25, -0.2) is 0 Å². The third-order valence-corrected chi connectivity index (χ3v) is 13.1. The Hall–Kier alpha value is -9.76. The molecule has 0 N–H and O–H groups in total. The van der Waals surface area contributed by atoms with Crippen LogP contribution >= 0.6 is 0 Å². The number of rotatable bonds is 4. The number of furan rings is 2. The van der Waals surface area contributed by atoms with E-state index in [2.05, 4.69) is 0 Å². The van der Waals surface area contributed by atoms with Gasteiger partial charge in [0.15, 0.2) is 0 Å². The van der Waals surface area contributed by atoms with Crippen molar-refractivity contribution in [3.05, 3.63) is 266 Å². The molecule has 0 unspecified atom stereocenters. The first-order valence-electron chi connectivity index (χ1n) is 37.9. The van der Waals surface area contributed by atoms with E-state index in [-0.39, 0.29) is 70.9 Å². The average Bonchev–Trinajstić information content (AvgIpc) is 0.796. The molecule has 0 bridgehead atoms. The van der Waals surface area contributed by atoms with Crippen LogP contribution in [0.5, 0.6) is 0 Å². The van der Waals surface area contributed by atoms with Crippen LogP contribution in [0, 0.1) is 0 Å². The highest BCUT2D eigenvalue weighted by Crippen LogP contribution is 2.48. The van der Waals surface area contributed by atoms with E-state index < -0.39 is 214 Å². The van der Waals surface area contributed by atoms with Gasteiger partial charge < -0.3 is 8.83 Å². The van der Waals surface area contributed by atoms with Gasteiger partial charge in [-0.3, -0.25) is 0 Å². The number of benzene rings is 14. The summed E-state index contributed by atoms with van der Waals surface area (Å²) in [5.74, 6) is 0. The zero-order chi connectivity index (χ0) is 74.8. The molecule has 0 radical (unpaired) electrons. The maximum atomic E-state index is 9.33. The number of para-hydroxylation sites is 2. The zero-order valence-corrected chi connectivity index (χ0v) is 37.9. The second-order valence-electron chi connectivity index (χ2n) is 17.1. The van der Waals surface area contributed by atoms with Gasteiger partial charge in [0.2, 0.25) is 0 Å². The lowest BCUT2D eigenvalue weighted by Gasteiger charge is -2.18. The summed E-state index contributed by atoms with van der Waals surface area (Å²) in [6.07, 6.45) is 0. The first kappa shape index (κ1) is 21.9. The number of hydrogen-bond donors (Lipinski definition) is 0. The summed E-state index contributed by atoms with van der Waals surface area (Å²) < 4.78 is 277. The molecule has 0 aliphatic heterocycles. The lowest BCUT2D eigenvalue weighted by atomic mass is 9.84. The van der Waals surface area contributed by atoms with Crippen molar-refractivity contribution in [3.8, 4) is 44.5 Å². The second-order valence-corrected chi connectivity index (χ2v) is 17.1. The summed E-state index contributed by atoms with van der Waals surface area (Å²) in [5.41, 5.74) is 1.05. The quantitative estimate of drug-likeness (QED) is 0.164. The second kappa shape index (κ2) is 16.9. The molecule has 344 valence electrons. The highest BCUT2D eigenvalue weighted by molar-refractivity contribution is 6.25. The van der Waals surface area contributed by atoms with Gasteiger partial charge in [-0.15, -0.1) is 0 Å². The van der Waals surface area contributed by atoms with Gasteiger partial charge in [-0.05, 0) is 152 Å². The van der Waals surface area contributed by atoms with Crippen molar-refractivity contribution < 1.29 is 50.0 Å². The van der Waals surface area contributed by atoms with Crippen LogP contribution in [-0.4, -0.2) is 0 Å². The zero-order valence-electron chi connectivity index (χ0n) is 67.9. The van der Waals surface area contributed by atoms with Crippen LogP contribution in [0.2, 0.25) is 0 Å². The van der Waals surface area contributed by atoms with Gasteiger partial charge in [0.05, 0.1) is 41.1 Å². The predicted octanol–water partition coefficient (Wildman–Crippen LogP) is 20.8. The minimum atomic E-state index is -0.755. The van der Waals surface area contributed by atoms with E-state index in [1.807, 2.05) is 24.3 Å². The summed E-state index contributed by atoms with van der Waals surface area (Å²) >= 11 is 0. The molecule has 0 spiro atoms. The molecule has 0 aliphatic rings. The van der Waals surface area contributed by atoms with Crippen LogP contribution in [0.4, 0.5) is 0 Å². The smallest absolute Gasteiger partial charge is 0.136 e. The SMILES string of the molecule is [2H]c1c([2H])c([2H])c2c(-c3c4c([2H])c([2H])c([2H])c([2H])c4c(-c4ccc5c(c4)oc4ccccc45)c4c([2H])c([2H])c([2H])c([2H])c34)c([2H])c([2H])c([2H])c2c1[2H].[2H]c1c([2H])c([2H])c2c([2H])c(-c3c4c([2H])c([2H])c([2H])c([2H])c4c(-c4ccc5oc6ccccc6c5c4)c4c([2H])c([2H])c([2H])c([2H])c34)c([2H])c([2H])c2c1[2H]. The Labute approximate surface area is 468 Å². The highest BCUT2D eigenvalue weighted by Gasteiger charge is 2.21. The molecule has 16 aromatic rings. The predicted molar refractivity (Wildman–Crippen MR) is 314 cm³/mol. The summed E-state index contributed by atoms with van der Waals surface area (Å²) in [5, 5.41) is -0.692. The Bertz CT molecular complexity index is 6570. The molecule has 0 saturated heterocycles. The van der Waals surface area contributed by atoms with E-state index in [0.717, 1.165) is 16.2 Å². The molecule has 2 heterocycles. The van der Waals surface area contributed by atoms with Crippen molar-refractivity contribution in [3.63, 3.8) is 0 Å². The molecule has 16 rings (SSSR count). The van der Waals surface area contributed by atoms with E-state index >= 15 is 0 Å². The molecule has 0 amide bonds. The molecule has 2 aromatic heterocycles. The van der Waals surface area contributed by atoms with Gasteiger partial charge in [0, 0.05) is 21.5 Å². The monoisotopic (exact) mass is 971 g/mol. The molecule has 74 heavy (non-hydrogen) atoms. The standard InChI is InChI=1S/2C36H22O/c1-2-12-25-23(10-1)11-9-18-28(25)36-31-16-5-3-14-29(31)35(30-15-4-6-17-32(30)36)24-20-21-27-26-13-7-8-19-33(26)37-34(27)22-24;1-2-10-24-21-25(18-17-23(24)9-1)35-28-12-3-5-14-30(28)36(31-15-6-4-13-29(31)35)26-19-20-34-32(22-26)27-11-7-8-16-33(27)37-34/h2*1-22H/i1D,2D,3D,4D,5D,6D,9D,10D,11D,12D,14D,15D,16D,17D,18D;1D,2D,3D,4D,5D,6D,9D,10D,12D,13D,14D,15D,17D,18D,21D. The molecule has 14 aromatic carbocycles. The fourth-order valence-electron chi connectivity index (χ4n) is 10.00. The topological polar surface area (TPSA) is 26.3 Å². The van der Waals surface area contributed by atoms with E-state index in [1.54, 1.807) is 60.7 Å². The average molecular weight is 971 g/mol. The van der Waals surface area contributed by atoms with Crippen molar-refractivity contribution in [2.45, 2.75) is 0 Å². The Morgan fingerprint density at radius 2 is 0.662 bits per heavy atom. The van der Waals surface area contributed by atoms with Crippen molar-refractivity contribution >= 4 is 109 Å². The molecule has 2 heteroatoms. The fourth-order valence-corrected chi connectivity index (χ4v) is 10.00. The summed E-state index contributed by atoms with van der Waals surface area (Å²) in [7, 11) is 0. The van der Waals surface area contributed by atoms with Crippen LogP contribution in [0.25, 0.3) is 153 Å². The Morgan fingerprint density at radius 3 is 1.27 bits per heavy atom. The van der Waals surface area contributed by atoms with Crippen molar-refractivity contribution in [1.82, 2.24) is 0 Å². The van der Waals surface area contributed by atoms with Gasteiger partial charge in [-0.1, -0.05) is 224 Å². The lowest BCUT2D eigenvalue weighted by molar-refractivity contribution is 0.668. The van der Waals surface area contributed by atoms with Crippen molar-refractivity contribution in [2.75, 3.05) is 0 Å². The fraction of sp³-hybridized carbons (Fsp3) is 0. The molecular formula is C72H44O2. The minimum absolute atomic E-state index is 0.0102. The van der Waals surface area contributed by atoms with Crippen molar-refractivity contribution in [2.24, 2.45) is 0 Å². The van der Waals surface area contributed by atoms with Crippen LogP contribution < -0.4 is 0 Å². The molecular weight excluding hydrogens is 897 g/mol. The van der Waals surface area contributed by atoms with E-state index in [1.165, 1.54) is 0 Å². The third kappa shape index (κ3) is 6.66. The van der Waals surface area contributed by atoms with E-state index in [0.29, 0.717) is 33.3 Å². The van der Waals surface area contributed by atoms with Crippen LogP contribution in [0.15, 0.2) is 275 Å². The van der Waals surface area contributed by atoms with E-state index in [9.17, 15) is 12.3 Å². The van der Waals surface area contributed by atoms with Gasteiger partial charge in [0.1, 0.15) is 22.3 Å². The largest absolute Gasteiger partial charge is 0.456 e. The number of hydrogen-bond acceptors (Lipinski definition) is 2. The summed E-state index contributed by atoms with van der Waals surface area (Å²) in [6.45, 7) is 0. The molecule has 0 aliphatic carbocycles. The molecule has 0 fully saturated rings. The maximum absolute atomic E-state index is 9.33. The number of fused-ring (bicyclic) bond motifs is 12. The lowest BCUT2D eigenvalue weighted by Crippen LogP contribution is -1.91. The van der Waals surface area contributed by atoms with E-state index in [4.69, 9.17) is 37.6 Å². The minimum Gasteiger partial charge on any atom is -0.456 e. The normalized spacial score (nSPS) is 17.5. The third-order valence-electron chi connectivity index (χ3n) is 13.1. The first-order valence-corrected chi connectivity index (χ1v) is 22.9. The summed E-state index contributed by atoms with van der Waals surface area (Å²) in [4.78, 5) is 0. The van der Waals surface area contributed by atoms with Crippen LogP contribution in [-0.2, 0) is 0 Å². The summed E-state index contributed by atoms with van der Waals surface area (Å²) in [6, 6.07) is 4.43. The first-order chi connectivity index (χ1) is 49.2. The molecule has 2 nitrogen and oxygen atoms in total. The van der Waals surface area contributed by atoms with Gasteiger partial charge in [0.25, 0.3) is 0 Å². The Morgan fingerprint density at radius 1 is 0.243 bits per heavy atom. The van der Waals surface area contributed by atoms with Gasteiger partial charge >= 0.3 is 0 Å². The Balaban J connectivity index is 0.000000167. The van der Waals surface area contributed by atoms with Crippen molar-refractivity contribution in [1.29, 1.82) is 0 Å². The molecule has 0 atom stereocenters.